The van der Waals surface area contributed by atoms with E-state index in [-0.39, 0.29) is 11.7 Å². The van der Waals surface area contributed by atoms with E-state index < -0.39 is 0 Å². The number of anilines is 1. The third-order valence-electron chi connectivity index (χ3n) is 6.44. The second-order valence-corrected chi connectivity index (χ2v) is 8.40. The number of amides is 1. The second-order valence-electron chi connectivity index (χ2n) is 8.40. The average Bonchev–Trinajstić information content (AvgIpc) is 3.03. The van der Waals surface area contributed by atoms with Crippen LogP contribution in [0.1, 0.15) is 40.7 Å². The van der Waals surface area contributed by atoms with E-state index in [0.29, 0.717) is 11.5 Å². The molecule has 5 nitrogen and oxygen atoms in total. The molecule has 1 fully saturated rings. The molecule has 0 bridgehead atoms. The van der Waals surface area contributed by atoms with Gasteiger partial charge in [0.05, 0.1) is 0 Å². The number of fused-ring (bicyclic) bond motifs is 1. The van der Waals surface area contributed by atoms with Gasteiger partial charge in [0.15, 0.2) is 0 Å². The van der Waals surface area contributed by atoms with Gasteiger partial charge in [-0.1, -0.05) is 6.07 Å². The largest absolute Gasteiger partial charge is 0.404 e. The van der Waals surface area contributed by atoms with Crippen LogP contribution in [-0.2, 0) is 6.42 Å². The number of allylic oxidation sites excluding steroid dienone is 1. The van der Waals surface area contributed by atoms with Crippen LogP contribution in [0.25, 0.3) is 5.57 Å². The Morgan fingerprint density at radius 3 is 2.61 bits per heavy atom. The number of nitrogens with two attached hydrogens (primary N) is 1. The Morgan fingerprint density at radius 2 is 1.87 bits per heavy atom. The van der Waals surface area contributed by atoms with Crippen LogP contribution >= 0.6 is 0 Å². The summed E-state index contributed by atoms with van der Waals surface area (Å²) in [6.07, 6.45) is 6.84. The van der Waals surface area contributed by atoms with E-state index in [4.69, 9.17) is 11.1 Å². The molecule has 0 saturated carbocycles. The predicted molar refractivity (Wildman–Crippen MR) is 123 cm³/mol. The third-order valence-corrected chi connectivity index (χ3v) is 6.44. The first-order valence-corrected chi connectivity index (χ1v) is 10.9. The summed E-state index contributed by atoms with van der Waals surface area (Å²) in [5.41, 5.74) is 10.5. The maximum atomic E-state index is 13.2. The number of hydrogen-bond acceptors (Lipinski definition) is 4. The molecule has 162 valence electrons. The molecule has 0 aliphatic carbocycles. The van der Waals surface area contributed by atoms with Crippen LogP contribution in [0.3, 0.4) is 0 Å². The number of hydrogen-bond donors (Lipinski definition) is 2. The first-order valence-electron chi connectivity index (χ1n) is 10.9. The first kappa shape index (κ1) is 21.1. The molecule has 0 aromatic heterocycles. The lowest BCUT2D eigenvalue weighted by Gasteiger charge is -2.25. The number of benzene rings is 2. The number of carbonyl (C=O) groups is 1. The summed E-state index contributed by atoms with van der Waals surface area (Å²) in [5.74, 6) is 0.214. The average molecular weight is 421 g/mol. The Labute approximate surface area is 182 Å². The summed E-state index contributed by atoms with van der Waals surface area (Å²) in [6, 6.07) is 12.2. The van der Waals surface area contributed by atoms with E-state index in [1.165, 1.54) is 35.8 Å². The molecule has 1 amide bonds. The molecule has 2 aliphatic heterocycles. The Balaban J connectivity index is 1.38. The van der Waals surface area contributed by atoms with E-state index in [2.05, 4.69) is 17.0 Å². The lowest BCUT2D eigenvalue weighted by molar-refractivity contribution is 0.0760. The van der Waals surface area contributed by atoms with Crippen LogP contribution in [0, 0.1) is 17.1 Å². The van der Waals surface area contributed by atoms with Crippen LogP contribution in [-0.4, -0.2) is 43.2 Å². The van der Waals surface area contributed by atoms with Gasteiger partial charge in [0.25, 0.3) is 5.91 Å². The molecule has 6 heteroatoms. The Kier molecular flexibility index (Phi) is 6.35. The number of nitrogens with zero attached hydrogens (tertiary/aromatic N) is 2. The number of nitrogens with one attached hydrogen (secondary N) is 1. The molecule has 2 aromatic carbocycles. The molecule has 4 rings (SSSR count). The van der Waals surface area contributed by atoms with Gasteiger partial charge in [0.1, 0.15) is 5.82 Å². The molecular formula is C25H29FN4O. The molecule has 3 N–H and O–H groups in total. The van der Waals surface area contributed by atoms with Gasteiger partial charge in [0, 0.05) is 55.4 Å². The topological polar surface area (TPSA) is 73.4 Å². The van der Waals surface area contributed by atoms with Crippen molar-refractivity contribution in [3.8, 4) is 0 Å². The van der Waals surface area contributed by atoms with Crippen molar-refractivity contribution in [1.29, 1.82) is 5.41 Å². The fourth-order valence-electron chi connectivity index (χ4n) is 4.70. The highest BCUT2D eigenvalue weighted by atomic mass is 19.1. The van der Waals surface area contributed by atoms with Crippen molar-refractivity contribution >= 4 is 23.4 Å². The first-order chi connectivity index (χ1) is 15.1. The van der Waals surface area contributed by atoms with Gasteiger partial charge in [-0.15, -0.1) is 0 Å². The molecule has 0 spiro atoms. The van der Waals surface area contributed by atoms with E-state index in [0.717, 1.165) is 63.0 Å². The number of rotatable bonds is 5. The third kappa shape index (κ3) is 4.63. The van der Waals surface area contributed by atoms with E-state index in [1.807, 2.05) is 11.0 Å². The highest BCUT2D eigenvalue weighted by Crippen LogP contribution is 2.32. The summed E-state index contributed by atoms with van der Waals surface area (Å²) in [4.78, 5) is 17.1. The normalized spacial score (nSPS) is 19.1. The van der Waals surface area contributed by atoms with Gasteiger partial charge in [-0.25, -0.2) is 4.39 Å². The maximum Gasteiger partial charge on any atom is 0.253 e. The summed E-state index contributed by atoms with van der Waals surface area (Å²) < 4.78 is 13.2. The van der Waals surface area contributed by atoms with Crippen molar-refractivity contribution in [2.75, 3.05) is 31.1 Å². The van der Waals surface area contributed by atoms with Gasteiger partial charge < -0.3 is 20.9 Å². The van der Waals surface area contributed by atoms with Crippen LogP contribution < -0.4 is 10.6 Å². The van der Waals surface area contributed by atoms with Gasteiger partial charge >= 0.3 is 0 Å². The van der Waals surface area contributed by atoms with Crippen molar-refractivity contribution in [3.63, 3.8) is 0 Å². The smallest absolute Gasteiger partial charge is 0.253 e. The van der Waals surface area contributed by atoms with Crippen molar-refractivity contribution in [1.82, 2.24) is 4.90 Å². The van der Waals surface area contributed by atoms with Crippen LogP contribution in [0.4, 0.5) is 10.1 Å². The summed E-state index contributed by atoms with van der Waals surface area (Å²) >= 11 is 0. The lowest BCUT2D eigenvalue weighted by atomic mass is 9.99. The summed E-state index contributed by atoms with van der Waals surface area (Å²) in [6.45, 7) is 3.49. The second kappa shape index (κ2) is 9.33. The zero-order valence-electron chi connectivity index (χ0n) is 17.7. The summed E-state index contributed by atoms with van der Waals surface area (Å²) in [7, 11) is 0. The van der Waals surface area contributed by atoms with Crippen molar-refractivity contribution in [2.45, 2.75) is 25.7 Å². The molecule has 1 unspecified atom stereocenters. The molecule has 2 heterocycles. The molecular weight excluding hydrogens is 391 g/mol. The number of halogens is 1. The number of carbonyl (C=O) groups excluding carboxylic acids is 1. The number of likely N-dealkylation sites (tertiary alicyclic amines) is 1. The Bertz CT molecular complexity index is 986. The van der Waals surface area contributed by atoms with E-state index in [9.17, 15) is 9.18 Å². The fourth-order valence-corrected chi connectivity index (χ4v) is 4.70. The maximum absolute atomic E-state index is 13.2. The van der Waals surface area contributed by atoms with Crippen LogP contribution in [0.2, 0.25) is 0 Å². The minimum Gasteiger partial charge on any atom is -0.404 e. The highest BCUT2D eigenvalue weighted by Gasteiger charge is 2.26. The van der Waals surface area contributed by atoms with Crippen LogP contribution in [0.5, 0.6) is 0 Å². The minimum absolute atomic E-state index is 0.00495. The quantitative estimate of drug-likeness (QED) is 0.716. The molecule has 2 aromatic rings. The van der Waals surface area contributed by atoms with Gasteiger partial charge in [-0.05, 0) is 79.1 Å². The van der Waals surface area contributed by atoms with E-state index in [1.54, 1.807) is 12.1 Å². The van der Waals surface area contributed by atoms with Crippen molar-refractivity contribution in [2.24, 2.45) is 11.7 Å². The SMILES string of the molecule is N=C/C(=C\N)c1ccc2c(c1)CCN2CC1CCCN(C(=O)c2ccc(F)cc2)CC1. The zero-order chi connectivity index (χ0) is 21.8. The van der Waals surface area contributed by atoms with Gasteiger partial charge in [-0.3, -0.25) is 4.79 Å². The molecule has 1 atom stereocenters. The molecule has 1 saturated heterocycles. The molecule has 31 heavy (non-hydrogen) atoms. The van der Waals surface area contributed by atoms with Crippen molar-refractivity contribution in [3.05, 3.63) is 71.2 Å². The monoisotopic (exact) mass is 420 g/mol. The standard InChI is InChI=1S/C25H29FN4O/c26-23-6-3-19(4-7-23)25(31)29-11-1-2-18(9-12-29)17-30-13-10-21-14-20(5-8-24(21)30)22(15-27)16-28/h3-8,14-16,18,27H,1-2,9-13,17,28H2/b22-16+,27-15?. The highest BCUT2D eigenvalue weighted by molar-refractivity contribution is 6.08. The zero-order valence-corrected chi connectivity index (χ0v) is 17.7. The Morgan fingerprint density at radius 1 is 1.10 bits per heavy atom. The van der Waals surface area contributed by atoms with Gasteiger partial charge in [0.2, 0.25) is 0 Å². The van der Waals surface area contributed by atoms with Crippen LogP contribution in [0.15, 0.2) is 48.7 Å². The minimum atomic E-state index is -0.321. The summed E-state index contributed by atoms with van der Waals surface area (Å²) in [5, 5.41) is 7.51. The van der Waals surface area contributed by atoms with Gasteiger partial charge in [-0.2, -0.15) is 0 Å². The molecule has 0 radical (unpaired) electrons. The van der Waals surface area contributed by atoms with Crippen molar-refractivity contribution < 1.29 is 9.18 Å². The lowest BCUT2D eigenvalue weighted by Crippen LogP contribution is -2.33. The van der Waals surface area contributed by atoms with E-state index >= 15 is 0 Å². The Hall–Kier alpha value is -3.15. The molecule has 2 aliphatic rings. The fraction of sp³-hybridized carbons (Fsp3) is 0.360. The predicted octanol–water partition coefficient (Wildman–Crippen LogP) is 4.08.